The molecule has 0 bridgehead atoms. The molecule has 2 atom stereocenters. The second-order valence-corrected chi connectivity index (χ2v) is 6.45. The molecule has 2 rings (SSSR count). The van der Waals surface area contributed by atoms with Crippen LogP contribution >= 0.6 is 0 Å². The van der Waals surface area contributed by atoms with E-state index >= 15 is 0 Å². The fourth-order valence-electron chi connectivity index (χ4n) is 3.84. The standard InChI is InChI=1S/C14H29N3O/c1-11-4-7-14(8-5-11,17(2)3)13(16-15)12-6-9-18-10-12/h11-13,16H,4-10,15H2,1-3H3. The summed E-state index contributed by atoms with van der Waals surface area (Å²) in [5, 5.41) is 0. The molecule has 3 N–H and O–H groups in total. The molecule has 1 saturated heterocycles. The SMILES string of the molecule is CC1CCC(C(NN)C2CCOC2)(N(C)C)CC1. The average Bonchev–Trinajstić information content (AvgIpc) is 2.86. The molecule has 0 spiro atoms. The summed E-state index contributed by atoms with van der Waals surface area (Å²) in [6.07, 6.45) is 6.24. The van der Waals surface area contributed by atoms with Crippen molar-refractivity contribution in [1.29, 1.82) is 0 Å². The molecule has 0 amide bonds. The van der Waals surface area contributed by atoms with Gasteiger partial charge in [-0.05, 0) is 52.1 Å². The van der Waals surface area contributed by atoms with Crippen molar-refractivity contribution in [3.8, 4) is 0 Å². The van der Waals surface area contributed by atoms with Crippen LogP contribution in [0, 0.1) is 11.8 Å². The third-order valence-electron chi connectivity index (χ3n) is 5.23. The molecule has 106 valence electrons. The van der Waals surface area contributed by atoms with Gasteiger partial charge in [-0.3, -0.25) is 11.3 Å². The number of nitrogens with two attached hydrogens (primary N) is 1. The summed E-state index contributed by atoms with van der Waals surface area (Å²) in [6, 6.07) is 0.350. The quantitative estimate of drug-likeness (QED) is 0.588. The summed E-state index contributed by atoms with van der Waals surface area (Å²) in [4.78, 5) is 2.40. The zero-order chi connectivity index (χ0) is 13.2. The number of rotatable bonds is 4. The highest BCUT2D eigenvalue weighted by molar-refractivity contribution is 5.03. The van der Waals surface area contributed by atoms with E-state index in [2.05, 4.69) is 31.3 Å². The first-order valence-corrected chi connectivity index (χ1v) is 7.31. The fraction of sp³-hybridized carbons (Fsp3) is 1.00. The van der Waals surface area contributed by atoms with E-state index in [9.17, 15) is 0 Å². The smallest absolute Gasteiger partial charge is 0.0511 e. The highest BCUT2D eigenvalue weighted by Crippen LogP contribution is 2.40. The van der Waals surface area contributed by atoms with E-state index in [1.807, 2.05) is 0 Å². The Morgan fingerprint density at radius 2 is 1.94 bits per heavy atom. The largest absolute Gasteiger partial charge is 0.381 e. The maximum absolute atomic E-state index is 5.91. The van der Waals surface area contributed by atoms with E-state index in [1.54, 1.807) is 0 Å². The molecule has 1 aliphatic heterocycles. The van der Waals surface area contributed by atoms with Crippen LogP contribution < -0.4 is 11.3 Å². The molecular formula is C14H29N3O. The third kappa shape index (κ3) is 2.57. The first-order valence-electron chi connectivity index (χ1n) is 7.31. The van der Waals surface area contributed by atoms with E-state index in [0.717, 1.165) is 25.6 Å². The van der Waals surface area contributed by atoms with Gasteiger partial charge in [0.25, 0.3) is 0 Å². The highest BCUT2D eigenvalue weighted by atomic mass is 16.5. The van der Waals surface area contributed by atoms with Gasteiger partial charge >= 0.3 is 0 Å². The van der Waals surface area contributed by atoms with Crippen molar-refractivity contribution in [3.63, 3.8) is 0 Å². The molecule has 18 heavy (non-hydrogen) atoms. The van der Waals surface area contributed by atoms with E-state index in [0.29, 0.717) is 12.0 Å². The van der Waals surface area contributed by atoms with Crippen molar-refractivity contribution < 1.29 is 4.74 Å². The van der Waals surface area contributed by atoms with Crippen LogP contribution in [-0.2, 0) is 4.74 Å². The zero-order valence-corrected chi connectivity index (χ0v) is 12.1. The number of hydrogen-bond donors (Lipinski definition) is 2. The number of ether oxygens (including phenoxy) is 1. The van der Waals surface area contributed by atoms with Crippen molar-refractivity contribution in [2.24, 2.45) is 17.7 Å². The lowest BCUT2D eigenvalue weighted by Gasteiger charge is -2.51. The molecule has 1 saturated carbocycles. The highest BCUT2D eigenvalue weighted by Gasteiger charge is 2.46. The Bertz CT molecular complexity index is 256. The number of hydrazine groups is 1. The van der Waals surface area contributed by atoms with Crippen molar-refractivity contribution in [2.75, 3.05) is 27.3 Å². The van der Waals surface area contributed by atoms with Crippen molar-refractivity contribution in [3.05, 3.63) is 0 Å². The Labute approximate surface area is 111 Å². The molecule has 0 aromatic rings. The van der Waals surface area contributed by atoms with Crippen LogP contribution in [0.15, 0.2) is 0 Å². The lowest BCUT2D eigenvalue weighted by molar-refractivity contribution is 0.0184. The van der Waals surface area contributed by atoms with Crippen molar-refractivity contribution >= 4 is 0 Å². The first-order chi connectivity index (χ1) is 8.60. The minimum atomic E-state index is 0.208. The third-order valence-corrected chi connectivity index (χ3v) is 5.23. The number of likely N-dealkylation sites (N-methyl/N-ethyl adjacent to an activating group) is 1. The predicted molar refractivity (Wildman–Crippen MR) is 74.1 cm³/mol. The second-order valence-electron chi connectivity index (χ2n) is 6.45. The summed E-state index contributed by atoms with van der Waals surface area (Å²) in [7, 11) is 4.41. The van der Waals surface area contributed by atoms with Crippen molar-refractivity contribution in [2.45, 2.75) is 50.6 Å². The molecule has 1 heterocycles. The zero-order valence-electron chi connectivity index (χ0n) is 12.1. The fourth-order valence-corrected chi connectivity index (χ4v) is 3.84. The van der Waals surface area contributed by atoms with Crippen LogP contribution in [0.4, 0.5) is 0 Å². The summed E-state index contributed by atoms with van der Waals surface area (Å²) >= 11 is 0. The molecule has 0 radical (unpaired) electrons. The lowest BCUT2D eigenvalue weighted by Crippen LogP contribution is -2.64. The molecular weight excluding hydrogens is 226 g/mol. The van der Waals surface area contributed by atoms with Gasteiger partial charge in [-0.25, -0.2) is 0 Å². The Morgan fingerprint density at radius 1 is 1.28 bits per heavy atom. The van der Waals surface area contributed by atoms with Gasteiger partial charge in [0, 0.05) is 24.1 Å². The summed E-state index contributed by atoms with van der Waals surface area (Å²) in [5.74, 6) is 7.33. The van der Waals surface area contributed by atoms with Crippen LogP contribution in [0.1, 0.15) is 39.0 Å². The molecule has 2 unspecified atom stereocenters. The predicted octanol–water partition coefficient (Wildman–Crippen LogP) is 1.37. The maximum atomic E-state index is 5.91. The van der Waals surface area contributed by atoms with Crippen LogP contribution in [0.5, 0.6) is 0 Å². The summed E-state index contributed by atoms with van der Waals surface area (Å²) in [6.45, 7) is 4.12. The normalized spacial score (nSPS) is 39.2. The number of hydrogen-bond acceptors (Lipinski definition) is 4. The molecule has 0 aromatic heterocycles. The molecule has 0 aromatic carbocycles. The maximum Gasteiger partial charge on any atom is 0.0511 e. The second kappa shape index (κ2) is 5.87. The van der Waals surface area contributed by atoms with Gasteiger partial charge in [0.2, 0.25) is 0 Å². The topological polar surface area (TPSA) is 50.5 Å². The van der Waals surface area contributed by atoms with Crippen LogP contribution in [-0.4, -0.2) is 43.8 Å². The molecule has 4 heteroatoms. The summed E-state index contributed by atoms with van der Waals surface area (Å²) in [5.41, 5.74) is 3.34. The number of nitrogens with one attached hydrogen (secondary N) is 1. The lowest BCUT2D eigenvalue weighted by atomic mass is 9.69. The van der Waals surface area contributed by atoms with Crippen LogP contribution in [0.2, 0.25) is 0 Å². The average molecular weight is 255 g/mol. The molecule has 1 aliphatic carbocycles. The van der Waals surface area contributed by atoms with Crippen LogP contribution in [0.25, 0.3) is 0 Å². The van der Waals surface area contributed by atoms with E-state index in [4.69, 9.17) is 10.6 Å². The Hall–Kier alpha value is -0.160. The molecule has 4 nitrogen and oxygen atoms in total. The van der Waals surface area contributed by atoms with E-state index in [-0.39, 0.29) is 5.54 Å². The van der Waals surface area contributed by atoms with Crippen molar-refractivity contribution in [1.82, 2.24) is 10.3 Å². The Morgan fingerprint density at radius 3 is 2.39 bits per heavy atom. The summed E-state index contributed by atoms with van der Waals surface area (Å²) < 4.78 is 5.56. The van der Waals surface area contributed by atoms with E-state index in [1.165, 1.54) is 25.7 Å². The minimum absolute atomic E-state index is 0.208. The van der Waals surface area contributed by atoms with Gasteiger partial charge in [0.1, 0.15) is 0 Å². The monoisotopic (exact) mass is 255 g/mol. The Kier molecular flexibility index (Phi) is 4.64. The minimum Gasteiger partial charge on any atom is -0.381 e. The Balaban J connectivity index is 2.16. The molecule has 2 fully saturated rings. The van der Waals surface area contributed by atoms with Gasteiger partial charge in [0.05, 0.1) is 6.61 Å². The first kappa shape index (κ1) is 14.3. The van der Waals surface area contributed by atoms with Gasteiger partial charge in [0.15, 0.2) is 0 Å². The van der Waals surface area contributed by atoms with E-state index < -0.39 is 0 Å². The van der Waals surface area contributed by atoms with Gasteiger partial charge in [-0.15, -0.1) is 0 Å². The van der Waals surface area contributed by atoms with Crippen LogP contribution in [0.3, 0.4) is 0 Å². The van der Waals surface area contributed by atoms with Gasteiger partial charge < -0.3 is 9.64 Å². The van der Waals surface area contributed by atoms with Gasteiger partial charge in [-0.1, -0.05) is 6.92 Å². The number of nitrogens with zero attached hydrogens (tertiary/aromatic N) is 1. The van der Waals surface area contributed by atoms with Gasteiger partial charge in [-0.2, -0.15) is 0 Å². The molecule has 2 aliphatic rings.